The van der Waals surface area contributed by atoms with E-state index in [2.05, 4.69) is 26.2 Å². The molecular formula is C26H28FN6OP. The molecule has 2 aromatic carbocycles. The van der Waals surface area contributed by atoms with Gasteiger partial charge in [-0.1, -0.05) is 55.8 Å². The number of hydrogen-bond acceptors (Lipinski definition) is 4. The van der Waals surface area contributed by atoms with Crippen LogP contribution in [-0.2, 0) is 13.0 Å². The molecule has 0 fully saturated rings. The minimum Gasteiger partial charge on any atom is -0.382 e. The molecule has 9 heteroatoms. The van der Waals surface area contributed by atoms with E-state index < -0.39 is 5.82 Å². The summed E-state index contributed by atoms with van der Waals surface area (Å²) in [7, 11) is 2.50. The van der Waals surface area contributed by atoms with Crippen LogP contribution in [0.15, 0.2) is 76.9 Å². The topological polar surface area (TPSA) is 104 Å². The molecule has 35 heavy (non-hydrogen) atoms. The lowest BCUT2D eigenvalue weighted by Gasteiger charge is -2.10. The van der Waals surface area contributed by atoms with Crippen LogP contribution in [0.4, 0.5) is 4.39 Å². The summed E-state index contributed by atoms with van der Waals surface area (Å²) < 4.78 is 17.7. The second-order valence-corrected chi connectivity index (χ2v) is 8.87. The van der Waals surface area contributed by atoms with E-state index in [1.165, 1.54) is 10.6 Å². The fourth-order valence-electron chi connectivity index (χ4n) is 4.06. The standard InChI is InChI=1S/C26H28FN6OP/c1-2-3-7-18-16-33(24-21(27)10-6-11-23(24)35)26(34)32(18)15-17-12-13-22(30-14-17)19-8-4-5-9-20(19)25(28)31-29/h4-6,8-14,16H,2-3,7,15,29,35H2,1H3,(H2,28,31). The Morgan fingerprint density at radius 1 is 1.14 bits per heavy atom. The van der Waals surface area contributed by atoms with Gasteiger partial charge in [-0.15, -0.1) is 9.24 Å². The third-order valence-electron chi connectivity index (χ3n) is 5.89. The van der Waals surface area contributed by atoms with Gasteiger partial charge in [-0.05, 0) is 35.8 Å². The number of nitrogens with two attached hydrogens (primary N) is 2. The summed E-state index contributed by atoms with van der Waals surface area (Å²) in [6, 6.07) is 16.0. The molecule has 4 N–H and O–H groups in total. The number of nitrogens with zero attached hydrogens (tertiary/aromatic N) is 4. The van der Waals surface area contributed by atoms with Gasteiger partial charge in [0, 0.05) is 29.2 Å². The van der Waals surface area contributed by atoms with Crippen molar-refractivity contribution in [2.24, 2.45) is 16.7 Å². The van der Waals surface area contributed by atoms with Gasteiger partial charge in [-0.2, -0.15) is 5.10 Å². The number of imidazole rings is 1. The van der Waals surface area contributed by atoms with Crippen LogP contribution in [0.5, 0.6) is 0 Å². The number of amidine groups is 1. The van der Waals surface area contributed by atoms with E-state index in [0.717, 1.165) is 36.1 Å². The lowest BCUT2D eigenvalue weighted by atomic mass is 10.0. The molecule has 180 valence electrons. The number of benzene rings is 2. The fourth-order valence-corrected chi connectivity index (χ4v) is 4.45. The summed E-state index contributed by atoms with van der Waals surface area (Å²) in [6.45, 7) is 2.42. The monoisotopic (exact) mass is 490 g/mol. The molecular weight excluding hydrogens is 462 g/mol. The third kappa shape index (κ3) is 5.03. The van der Waals surface area contributed by atoms with Crippen molar-refractivity contribution >= 4 is 20.4 Å². The molecule has 0 spiro atoms. The first kappa shape index (κ1) is 24.4. The number of pyridine rings is 1. The summed E-state index contributed by atoms with van der Waals surface area (Å²) in [5.74, 6) is 5.15. The van der Waals surface area contributed by atoms with Gasteiger partial charge >= 0.3 is 5.69 Å². The molecule has 0 radical (unpaired) electrons. The summed E-state index contributed by atoms with van der Waals surface area (Å²) in [4.78, 5) is 18.0. The average Bonchev–Trinajstić information content (AvgIpc) is 3.17. The fraction of sp³-hybridized carbons (Fsp3) is 0.192. The Morgan fingerprint density at radius 3 is 2.63 bits per heavy atom. The lowest BCUT2D eigenvalue weighted by Crippen LogP contribution is -2.27. The van der Waals surface area contributed by atoms with Gasteiger partial charge in [0.15, 0.2) is 5.84 Å². The first-order chi connectivity index (χ1) is 16.9. The van der Waals surface area contributed by atoms with Crippen molar-refractivity contribution in [3.8, 4) is 16.9 Å². The Morgan fingerprint density at radius 2 is 1.94 bits per heavy atom. The van der Waals surface area contributed by atoms with E-state index in [1.807, 2.05) is 36.4 Å². The molecule has 0 aliphatic heterocycles. The summed E-state index contributed by atoms with van der Waals surface area (Å²) in [5, 5.41) is 4.22. The molecule has 1 unspecified atom stereocenters. The van der Waals surface area contributed by atoms with Crippen molar-refractivity contribution in [1.82, 2.24) is 14.1 Å². The van der Waals surface area contributed by atoms with E-state index in [4.69, 9.17) is 11.6 Å². The third-order valence-corrected chi connectivity index (χ3v) is 6.36. The van der Waals surface area contributed by atoms with E-state index in [0.29, 0.717) is 23.1 Å². The predicted molar refractivity (Wildman–Crippen MR) is 142 cm³/mol. The molecule has 4 rings (SSSR count). The van der Waals surface area contributed by atoms with Gasteiger partial charge in [0.05, 0.1) is 17.9 Å². The van der Waals surface area contributed by atoms with E-state index in [-0.39, 0.29) is 17.2 Å². The van der Waals surface area contributed by atoms with Gasteiger partial charge in [0.2, 0.25) is 0 Å². The maximum Gasteiger partial charge on any atom is 0.333 e. The van der Waals surface area contributed by atoms with Crippen LogP contribution in [0.1, 0.15) is 36.6 Å². The van der Waals surface area contributed by atoms with E-state index in [1.54, 1.807) is 29.1 Å². The number of hydrazone groups is 1. The van der Waals surface area contributed by atoms with Gasteiger partial charge in [-0.25, -0.2) is 9.18 Å². The van der Waals surface area contributed by atoms with Crippen LogP contribution >= 0.6 is 9.24 Å². The number of rotatable bonds is 8. The SMILES string of the molecule is CCCCc1cn(-c2c(F)cccc2P)c(=O)n1Cc1ccc(-c2ccccc2/C(N)=N/N)nc1. The van der Waals surface area contributed by atoms with Crippen molar-refractivity contribution in [3.05, 3.63) is 100 Å². The lowest BCUT2D eigenvalue weighted by molar-refractivity contribution is 0.614. The number of aromatic nitrogens is 3. The Balaban J connectivity index is 1.71. The van der Waals surface area contributed by atoms with Crippen molar-refractivity contribution in [2.75, 3.05) is 0 Å². The highest BCUT2D eigenvalue weighted by Gasteiger charge is 2.17. The Labute approximate surface area is 205 Å². The number of para-hydroxylation sites is 1. The number of aryl methyl sites for hydroxylation is 1. The largest absolute Gasteiger partial charge is 0.382 e. The van der Waals surface area contributed by atoms with Crippen LogP contribution < -0.4 is 22.6 Å². The van der Waals surface area contributed by atoms with Crippen molar-refractivity contribution in [3.63, 3.8) is 0 Å². The molecule has 2 heterocycles. The zero-order valence-corrected chi connectivity index (χ0v) is 20.6. The average molecular weight is 491 g/mol. The molecule has 0 saturated heterocycles. The van der Waals surface area contributed by atoms with E-state index in [9.17, 15) is 9.18 Å². The normalized spacial score (nSPS) is 11.7. The van der Waals surface area contributed by atoms with Gasteiger partial charge < -0.3 is 11.6 Å². The minimum absolute atomic E-state index is 0.224. The molecule has 2 aromatic heterocycles. The van der Waals surface area contributed by atoms with Crippen molar-refractivity contribution < 1.29 is 4.39 Å². The summed E-state index contributed by atoms with van der Waals surface area (Å²) in [5.41, 5.74) is 9.83. The number of hydrogen-bond donors (Lipinski definition) is 2. The molecule has 0 saturated carbocycles. The molecule has 0 aliphatic carbocycles. The van der Waals surface area contributed by atoms with Gasteiger partial charge in [-0.3, -0.25) is 14.1 Å². The summed E-state index contributed by atoms with van der Waals surface area (Å²) in [6.07, 6.45) is 6.11. The van der Waals surface area contributed by atoms with Crippen LogP contribution in [0.2, 0.25) is 0 Å². The maximum atomic E-state index is 14.6. The summed E-state index contributed by atoms with van der Waals surface area (Å²) >= 11 is 0. The van der Waals surface area contributed by atoms with Crippen LogP contribution in [0.25, 0.3) is 16.9 Å². The van der Waals surface area contributed by atoms with Crippen molar-refractivity contribution in [1.29, 1.82) is 0 Å². The minimum atomic E-state index is -0.441. The quantitative estimate of drug-likeness (QED) is 0.130. The maximum absolute atomic E-state index is 14.6. The highest BCUT2D eigenvalue weighted by atomic mass is 31.0. The Kier molecular flexibility index (Phi) is 7.42. The molecule has 0 aliphatic rings. The molecule has 7 nitrogen and oxygen atoms in total. The highest BCUT2D eigenvalue weighted by Crippen LogP contribution is 2.22. The molecule has 0 amide bonds. The Bertz CT molecular complexity index is 1400. The first-order valence-corrected chi connectivity index (χ1v) is 12.0. The molecule has 4 aromatic rings. The van der Waals surface area contributed by atoms with Crippen LogP contribution in [-0.4, -0.2) is 20.0 Å². The molecule has 0 bridgehead atoms. The van der Waals surface area contributed by atoms with Gasteiger partial charge in [0.25, 0.3) is 0 Å². The highest BCUT2D eigenvalue weighted by molar-refractivity contribution is 7.27. The second kappa shape index (κ2) is 10.7. The van der Waals surface area contributed by atoms with Crippen LogP contribution in [0.3, 0.4) is 0 Å². The zero-order valence-electron chi connectivity index (χ0n) is 19.5. The number of unbranched alkanes of at least 4 members (excludes halogenated alkanes) is 1. The first-order valence-electron chi connectivity index (χ1n) is 11.4. The van der Waals surface area contributed by atoms with E-state index >= 15 is 0 Å². The number of halogens is 1. The van der Waals surface area contributed by atoms with Gasteiger partial charge in [0.1, 0.15) is 5.82 Å². The predicted octanol–water partition coefficient (Wildman–Crippen LogP) is 3.31. The van der Waals surface area contributed by atoms with Crippen molar-refractivity contribution in [2.45, 2.75) is 32.7 Å². The van der Waals surface area contributed by atoms with Crippen LogP contribution in [0, 0.1) is 5.82 Å². The Hall–Kier alpha value is -3.77. The smallest absolute Gasteiger partial charge is 0.333 e. The molecule has 1 atom stereocenters. The second-order valence-electron chi connectivity index (χ2n) is 8.25. The zero-order chi connectivity index (χ0) is 24.9.